The van der Waals surface area contributed by atoms with E-state index in [9.17, 15) is 8.78 Å². The minimum Gasteiger partial charge on any atom is -0.494 e. The highest BCUT2D eigenvalue weighted by molar-refractivity contribution is 14.2. The van der Waals surface area contributed by atoms with Gasteiger partial charge in [0.15, 0.2) is 23.0 Å². The Kier molecular flexibility index (Phi) is 7.77. The number of alkyl halides is 2. The smallest absolute Gasteiger partial charge is 0.295 e. The lowest BCUT2D eigenvalue weighted by atomic mass is 10.1. The van der Waals surface area contributed by atoms with Gasteiger partial charge in [0.1, 0.15) is 17.7 Å². The molecule has 0 spiro atoms. The first-order chi connectivity index (χ1) is 15.4. The van der Waals surface area contributed by atoms with Gasteiger partial charge in [-0.3, -0.25) is 9.02 Å². The summed E-state index contributed by atoms with van der Waals surface area (Å²) in [7, 11) is 3.30. The van der Waals surface area contributed by atoms with Crippen LogP contribution >= 0.6 is 28.4 Å². The molecule has 0 aliphatic rings. The van der Waals surface area contributed by atoms with Crippen molar-refractivity contribution in [2.75, 3.05) is 18.2 Å². The largest absolute Gasteiger partial charge is 0.494 e. The summed E-state index contributed by atoms with van der Waals surface area (Å²) < 4.78 is 35.5. The fraction of sp³-hybridized carbons (Fsp3) is 0.263. The number of benzene rings is 1. The second-order valence-electron chi connectivity index (χ2n) is 6.21. The number of nitrogens with one attached hydrogen (secondary N) is 1. The summed E-state index contributed by atoms with van der Waals surface area (Å²) in [6.45, 7) is 4.00. The molecule has 1 aromatic carbocycles. The van der Waals surface area contributed by atoms with Crippen molar-refractivity contribution in [1.82, 2.24) is 29.1 Å². The molecule has 13 heteroatoms. The Hall–Kier alpha value is -2.60. The van der Waals surface area contributed by atoms with Gasteiger partial charge in [0.25, 0.3) is 6.43 Å². The Labute approximate surface area is 198 Å². The van der Waals surface area contributed by atoms with E-state index in [0.717, 1.165) is 0 Å². The van der Waals surface area contributed by atoms with Crippen LogP contribution in [0.4, 0.5) is 26.0 Å². The first kappa shape index (κ1) is 24.1. The SMILES string of the molecule is CC.COc1c(Nc2cc(N)nc3c2nc(C(F)F)n3PI)cccc1-c1ncn(C)n1. The Morgan fingerprint density at radius 1 is 1.22 bits per heavy atom. The fourth-order valence-corrected chi connectivity index (χ4v) is 4.94. The third-order valence-electron chi connectivity index (χ3n) is 4.27. The van der Waals surface area contributed by atoms with Crippen LogP contribution in [0.5, 0.6) is 5.75 Å². The number of anilines is 3. The summed E-state index contributed by atoms with van der Waals surface area (Å²) in [4.78, 5) is 12.6. The second-order valence-corrected chi connectivity index (χ2v) is 8.27. The van der Waals surface area contributed by atoms with E-state index in [1.807, 2.05) is 48.0 Å². The predicted molar refractivity (Wildman–Crippen MR) is 132 cm³/mol. The first-order valence-electron chi connectivity index (χ1n) is 9.56. The number of rotatable bonds is 6. The van der Waals surface area contributed by atoms with Gasteiger partial charge in [-0.05, 0) is 34.2 Å². The van der Waals surface area contributed by atoms with E-state index in [2.05, 4.69) is 25.4 Å². The van der Waals surface area contributed by atoms with Crippen LogP contribution in [0, 0.1) is 0 Å². The monoisotopic (exact) mass is 574 g/mol. The lowest BCUT2D eigenvalue weighted by Crippen LogP contribution is -2.00. The van der Waals surface area contributed by atoms with Gasteiger partial charge in [-0.1, -0.05) is 19.9 Å². The van der Waals surface area contributed by atoms with Gasteiger partial charge in [0.05, 0.1) is 30.4 Å². The average Bonchev–Trinajstić information content (AvgIpc) is 3.38. The van der Waals surface area contributed by atoms with E-state index >= 15 is 0 Å². The summed E-state index contributed by atoms with van der Waals surface area (Å²) in [5, 5.41) is 7.52. The first-order valence-corrected chi connectivity index (χ1v) is 13.6. The molecule has 0 aliphatic carbocycles. The number of fused-ring (bicyclic) bond motifs is 1. The molecule has 0 aliphatic heterocycles. The normalized spacial score (nSPS) is 11.2. The number of ether oxygens (including phenoxy) is 1. The van der Waals surface area contributed by atoms with Crippen LogP contribution < -0.4 is 15.8 Å². The molecule has 0 saturated carbocycles. The van der Waals surface area contributed by atoms with Crippen LogP contribution in [-0.4, -0.2) is 36.2 Å². The Morgan fingerprint density at radius 3 is 2.56 bits per heavy atom. The van der Waals surface area contributed by atoms with Crippen LogP contribution in [0.25, 0.3) is 22.6 Å². The number of halogens is 3. The minimum atomic E-state index is -2.73. The molecule has 32 heavy (non-hydrogen) atoms. The Morgan fingerprint density at radius 2 is 1.97 bits per heavy atom. The average molecular weight is 574 g/mol. The number of nitrogen functional groups attached to an aromatic ring is 1. The zero-order chi connectivity index (χ0) is 23.4. The topological polar surface area (TPSA) is 109 Å². The molecule has 3 aromatic heterocycles. The van der Waals surface area contributed by atoms with Crippen molar-refractivity contribution in [3.05, 3.63) is 36.4 Å². The highest BCUT2D eigenvalue weighted by atomic mass is 127. The van der Waals surface area contributed by atoms with Crippen molar-refractivity contribution >= 4 is 56.8 Å². The molecular formula is C19H22F2IN8OP. The number of para-hydroxylation sites is 1. The maximum absolute atomic E-state index is 13.5. The van der Waals surface area contributed by atoms with Crippen molar-refractivity contribution in [1.29, 1.82) is 0 Å². The summed E-state index contributed by atoms with van der Waals surface area (Å²) >= 11 is 2.01. The second kappa shape index (κ2) is 10.3. The summed E-state index contributed by atoms with van der Waals surface area (Å²) in [5.74, 6) is 0.824. The van der Waals surface area contributed by atoms with Gasteiger partial charge in [-0.15, -0.1) is 0 Å². The molecule has 1 atom stereocenters. The van der Waals surface area contributed by atoms with Crippen LogP contribution in [-0.2, 0) is 7.05 Å². The minimum absolute atomic E-state index is 0.00548. The van der Waals surface area contributed by atoms with Crippen LogP contribution in [0.2, 0.25) is 0 Å². The number of methoxy groups -OCH3 is 1. The molecular weight excluding hydrogens is 552 g/mol. The van der Waals surface area contributed by atoms with Gasteiger partial charge in [-0.2, -0.15) is 5.10 Å². The molecule has 0 bridgehead atoms. The zero-order valence-corrected chi connectivity index (χ0v) is 20.9. The Bertz CT molecular complexity index is 1230. The Balaban J connectivity index is 0.00000141. The van der Waals surface area contributed by atoms with Gasteiger partial charge >= 0.3 is 0 Å². The van der Waals surface area contributed by atoms with E-state index in [0.29, 0.717) is 39.7 Å². The number of aromatic nitrogens is 6. The highest BCUT2D eigenvalue weighted by Gasteiger charge is 2.23. The molecule has 1 unspecified atom stereocenters. The number of nitrogens with two attached hydrogens (primary N) is 1. The van der Waals surface area contributed by atoms with Crippen molar-refractivity contribution in [2.24, 2.45) is 7.05 Å². The van der Waals surface area contributed by atoms with Gasteiger partial charge in [-0.25, -0.2) is 23.7 Å². The zero-order valence-electron chi connectivity index (χ0n) is 17.8. The van der Waals surface area contributed by atoms with Crippen molar-refractivity contribution < 1.29 is 13.5 Å². The molecule has 170 valence electrons. The van der Waals surface area contributed by atoms with Gasteiger partial charge in [0, 0.05) is 13.1 Å². The van der Waals surface area contributed by atoms with Crippen LogP contribution in [0.15, 0.2) is 30.6 Å². The van der Waals surface area contributed by atoms with E-state index in [4.69, 9.17) is 10.5 Å². The quantitative estimate of drug-likeness (QED) is 0.237. The maximum atomic E-state index is 13.5. The standard InChI is InChI=1S/C17H16F2IN8OP.C2H6/c1-27-7-22-15(26-27)8-4-3-5-9(13(8)29-2)23-10-6-11(21)24-16-12(10)25-17(14(18)19)28(16)30-20;1-2/h3-7,14,30H,1-2H3,(H3,21,23,24);1-2H3. The third kappa shape index (κ3) is 4.60. The van der Waals surface area contributed by atoms with E-state index in [1.54, 1.807) is 30.2 Å². The van der Waals surface area contributed by atoms with Crippen molar-refractivity contribution in [3.63, 3.8) is 0 Å². The predicted octanol–water partition coefficient (Wildman–Crippen LogP) is 5.32. The third-order valence-corrected chi connectivity index (χ3v) is 6.33. The number of hydrogen-bond acceptors (Lipinski definition) is 7. The van der Waals surface area contributed by atoms with Crippen LogP contribution in [0.3, 0.4) is 0 Å². The summed E-state index contributed by atoms with van der Waals surface area (Å²) in [6.07, 6.45) is -1.15. The van der Waals surface area contributed by atoms with Crippen molar-refractivity contribution in [3.8, 4) is 17.1 Å². The van der Waals surface area contributed by atoms with Crippen molar-refractivity contribution in [2.45, 2.75) is 20.3 Å². The molecule has 4 rings (SSSR count). The number of imidazole rings is 1. The molecule has 0 fully saturated rings. The molecule has 3 N–H and O–H groups in total. The summed E-state index contributed by atoms with van der Waals surface area (Å²) in [5.41, 5.74) is 8.24. The maximum Gasteiger partial charge on any atom is 0.295 e. The van der Waals surface area contributed by atoms with Gasteiger partial charge < -0.3 is 15.8 Å². The van der Waals surface area contributed by atoms with Gasteiger partial charge in [0.2, 0.25) is 0 Å². The molecule has 0 radical (unpaired) electrons. The van der Waals surface area contributed by atoms with E-state index in [1.165, 1.54) is 11.4 Å². The number of aryl methyl sites for hydroxylation is 1. The fourth-order valence-electron chi connectivity index (χ4n) is 3.05. The molecule has 9 nitrogen and oxygen atoms in total. The lowest BCUT2D eigenvalue weighted by molar-refractivity contribution is 0.140. The lowest BCUT2D eigenvalue weighted by Gasteiger charge is -2.14. The van der Waals surface area contributed by atoms with E-state index < -0.39 is 6.43 Å². The molecule has 0 saturated heterocycles. The number of hydrogen-bond donors (Lipinski definition) is 2. The molecule has 3 heterocycles. The number of nitrogens with zero attached hydrogens (tertiary/aromatic N) is 6. The molecule has 0 amide bonds. The van der Waals surface area contributed by atoms with E-state index in [-0.39, 0.29) is 18.0 Å². The summed E-state index contributed by atoms with van der Waals surface area (Å²) in [6, 6.07) is 6.99. The highest BCUT2D eigenvalue weighted by Crippen LogP contribution is 2.40. The number of pyridine rings is 1. The van der Waals surface area contributed by atoms with Crippen LogP contribution in [0.1, 0.15) is 26.1 Å². The molecule has 4 aromatic rings.